The molecule has 1 aliphatic rings. The van der Waals surface area contributed by atoms with Gasteiger partial charge in [0.1, 0.15) is 0 Å². The van der Waals surface area contributed by atoms with E-state index in [1.807, 2.05) is 23.1 Å². The minimum atomic E-state index is 0.219. The van der Waals surface area contributed by atoms with Gasteiger partial charge >= 0.3 is 0 Å². The van der Waals surface area contributed by atoms with Crippen molar-refractivity contribution in [1.82, 2.24) is 4.90 Å². The number of carbonyl (C=O) groups is 1. The molecule has 2 atom stereocenters. The first kappa shape index (κ1) is 15.0. The summed E-state index contributed by atoms with van der Waals surface area (Å²) >= 11 is 0. The van der Waals surface area contributed by atoms with Crippen LogP contribution in [0.4, 0.5) is 0 Å². The molecule has 1 saturated carbocycles. The molecule has 0 radical (unpaired) electrons. The lowest BCUT2D eigenvalue weighted by molar-refractivity contribution is -0.137. The summed E-state index contributed by atoms with van der Waals surface area (Å²) in [7, 11) is 0. The summed E-state index contributed by atoms with van der Waals surface area (Å²) < 4.78 is 0. The molecular weight excluding hydrogens is 248 g/mol. The summed E-state index contributed by atoms with van der Waals surface area (Å²) in [5.74, 6) is 1.07. The molecule has 0 spiro atoms. The smallest absolute Gasteiger partial charge is 0.226 e. The van der Waals surface area contributed by atoms with Crippen molar-refractivity contribution in [2.45, 2.75) is 39.2 Å². The second-order valence-electron chi connectivity index (χ2n) is 5.90. The van der Waals surface area contributed by atoms with Crippen LogP contribution in [0.1, 0.15) is 38.2 Å². The first-order valence-corrected chi connectivity index (χ1v) is 7.75. The Morgan fingerprint density at radius 3 is 2.65 bits per heavy atom. The molecule has 0 heterocycles. The van der Waals surface area contributed by atoms with Crippen molar-refractivity contribution in [2.24, 2.45) is 17.6 Å². The average Bonchev–Trinajstić information content (AvgIpc) is 2.90. The first-order valence-electron chi connectivity index (χ1n) is 7.75. The van der Waals surface area contributed by atoms with E-state index in [0.29, 0.717) is 24.9 Å². The number of benzene rings is 1. The summed E-state index contributed by atoms with van der Waals surface area (Å²) in [5, 5.41) is 0. The predicted molar refractivity (Wildman–Crippen MR) is 82.0 cm³/mol. The van der Waals surface area contributed by atoms with Crippen LogP contribution in [0.3, 0.4) is 0 Å². The molecular formula is C17H26N2O. The normalized spacial score (nSPS) is 21.9. The fraction of sp³-hybridized carbons (Fsp3) is 0.588. The van der Waals surface area contributed by atoms with E-state index in [1.165, 1.54) is 18.4 Å². The van der Waals surface area contributed by atoms with E-state index >= 15 is 0 Å². The van der Waals surface area contributed by atoms with Crippen LogP contribution in [0.15, 0.2) is 30.3 Å². The third-order valence-corrected chi connectivity index (χ3v) is 4.34. The van der Waals surface area contributed by atoms with Crippen LogP contribution in [0.5, 0.6) is 0 Å². The Hall–Kier alpha value is -1.35. The third kappa shape index (κ3) is 3.83. The molecule has 0 aliphatic heterocycles. The summed E-state index contributed by atoms with van der Waals surface area (Å²) in [6.07, 6.45) is 4.30. The van der Waals surface area contributed by atoms with E-state index < -0.39 is 0 Å². The quantitative estimate of drug-likeness (QED) is 0.867. The molecule has 0 saturated heterocycles. The first-order chi connectivity index (χ1) is 9.72. The molecule has 1 aromatic carbocycles. The fourth-order valence-corrected chi connectivity index (χ4v) is 3.10. The SMILES string of the molecule is CC1CCCC1C(=O)N(CCCN)Cc1ccccc1. The van der Waals surface area contributed by atoms with Crippen LogP contribution < -0.4 is 5.73 Å². The molecule has 3 nitrogen and oxygen atoms in total. The monoisotopic (exact) mass is 274 g/mol. The molecule has 1 fully saturated rings. The molecule has 1 aliphatic carbocycles. The molecule has 1 amide bonds. The van der Waals surface area contributed by atoms with Crippen molar-refractivity contribution in [3.63, 3.8) is 0 Å². The lowest BCUT2D eigenvalue weighted by Crippen LogP contribution is -2.38. The van der Waals surface area contributed by atoms with Gasteiger partial charge in [-0.15, -0.1) is 0 Å². The van der Waals surface area contributed by atoms with E-state index in [2.05, 4.69) is 19.1 Å². The maximum Gasteiger partial charge on any atom is 0.226 e. The Bertz CT molecular complexity index is 418. The summed E-state index contributed by atoms with van der Waals surface area (Å²) in [4.78, 5) is 14.8. The molecule has 3 heteroatoms. The maximum absolute atomic E-state index is 12.8. The average molecular weight is 274 g/mol. The molecule has 1 aromatic rings. The van der Waals surface area contributed by atoms with Gasteiger partial charge in [0.15, 0.2) is 0 Å². The minimum Gasteiger partial charge on any atom is -0.338 e. The Morgan fingerprint density at radius 1 is 1.30 bits per heavy atom. The summed E-state index contributed by atoms with van der Waals surface area (Å²) in [6.45, 7) is 4.33. The van der Waals surface area contributed by atoms with E-state index in [0.717, 1.165) is 19.4 Å². The van der Waals surface area contributed by atoms with Gasteiger partial charge in [-0.2, -0.15) is 0 Å². The second-order valence-corrected chi connectivity index (χ2v) is 5.90. The Balaban J connectivity index is 2.04. The highest BCUT2D eigenvalue weighted by atomic mass is 16.2. The van der Waals surface area contributed by atoms with Crippen molar-refractivity contribution in [3.8, 4) is 0 Å². The molecule has 110 valence electrons. The Morgan fingerprint density at radius 2 is 2.05 bits per heavy atom. The topological polar surface area (TPSA) is 46.3 Å². The zero-order chi connectivity index (χ0) is 14.4. The van der Waals surface area contributed by atoms with Crippen LogP contribution in [-0.4, -0.2) is 23.9 Å². The van der Waals surface area contributed by atoms with Gasteiger partial charge in [0.2, 0.25) is 5.91 Å². The van der Waals surface area contributed by atoms with Gasteiger partial charge in [0.25, 0.3) is 0 Å². The zero-order valence-electron chi connectivity index (χ0n) is 12.4. The lowest BCUT2D eigenvalue weighted by atomic mass is 9.96. The second kappa shape index (κ2) is 7.44. The van der Waals surface area contributed by atoms with Crippen molar-refractivity contribution in [3.05, 3.63) is 35.9 Å². The summed E-state index contributed by atoms with van der Waals surface area (Å²) in [6, 6.07) is 10.2. The van der Waals surface area contributed by atoms with Gasteiger partial charge in [0, 0.05) is 19.0 Å². The van der Waals surface area contributed by atoms with Crippen LogP contribution >= 0.6 is 0 Å². The Kier molecular flexibility index (Phi) is 5.60. The highest BCUT2D eigenvalue weighted by Crippen LogP contribution is 2.32. The van der Waals surface area contributed by atoms with Gasteiger partial charge < -0.3 is 10.6 Å². The van der Waals surface area contributed by atoms with Crippen LogP contribution in [0.25, 0.3) is 0 Å². The van der Waals surface area contributed by atoms with Crippen LogP contribution in [0, 0.1) is 11.8 Å². The lowest BCUT2D eigenvalue weighted by Gasteiger charge is -2.27. The molecule has 2 unspecified atom stereocenters. The number of rotatable bonds is 6. The maximum atomic E-state index is 12.8. The van der Waals surface area contributed by atoms with Gasteiger partial charge in [-0.1, -0.05) is 43.7 Å². The third-order valence-electron chi connectivity index (χ3n) is 4.34. The van der Waals surface area contributed by atoms with Crippen molar-refractivity contribution >= 4 is 5.91 Å². The number of nitrogens with two attached hydrogens (primary N) is 1. The van der Waals surface area contributed by atoms with Gasteiger partial charge in [-0.05, 0) is 37.3 Å². The highest BCUT2D eigenvalue weighted by molar-refractivity contribution is 5.79. The van der Waals surface area contributed by atoms with Gasteiger partial charge in [-0.25, -0.2) is 0 Å². The number of hydrogen-bond acceptors (Lipinski definition) is 2. The Labute approximate surface area is 122 Å². The molecule has 0 bridgehead atoms. The van der Waals surface area contributed by atoms with Crippen molar-refractivity contribution < 1.29 is 4.79 Å². The van der Waals surface area contributed by atoms with E-state index in [4.69, 9.17) is 5.73 Å². The largest absolute Gasteiger partial charge is 0.338 e. The predicted octanol–water partition coefficient (Wildman–Crippen LogP) is 2.80. The zero-order valence-corrected chi connectivity index (χ0v) is 12.4. The van der Waals surface area contributed by atoms with Crippen molar-refractivity contribution in [2.75, 3.05) is 13.1 Å². The minimum absolute atomic E-state index is 0.219. The van der Waals surface area contributed by atoms with Gasteiger partial charge in [-0.3, -0.25) is 4.79 Å². The van der Waals surface area contributed by atoms with E-state index in [9.17, 15) is 4.79 Å². The number of hydrogen-bond donors (Lipinski definition) is 1. The molecule has 0 aromatic heterocycles. The molecule has 2 N–H and O–H groups in total. The van der Waals surface area contributed by atoms with Crippen molar-refractivity contribution in [1.29, 1.82) is 0 Å². The van der Waals surface area contributed by atoms with E-state index in [-0.39, 0.29) is 5.92 Å². The number of nitrogens with zero attached hydrogens (tertiary/aromatic N) is 1. The van der Waals surface area contributed by atoms with Crippen LogP contribution in [-0.2, 0) is 11.3 Å². The van der Waals surface area contributed by atoms with Gasteiger partial charge in [0.05, 0.1) is 0 Å². The highest BCUT2D eigenvalue weighted by Gasteiger charge is 2.32. The summed E-state index contributed by atoms with van der Waals surface area (Å²) in [5.41, 5.74) is 6.81. The number of amides is 1. The molecule has 20 heavy (non-hydrogen) atoms. The van der Waals surface area contributed by atoms with E-state index in [1.54, 1.807) is 0 Å². The van der Waals surface area contributed by atoms with Crippen LogP contribution in [0.2, 0.25) is 0 Å². The molecule has 2 rings (SSSR count). The standard InChI is InChI=1S/C17H26N2O/c1-14-7-5-10-16(14)17(20)19(12-6-11-18)13-15-8-3-2-4-9-15/h2-4,8-9,14,16H,5-7,10-13,18H2,1H3. The number of carbonyl (C=O) groups excluding carboxylic acids is 1. The fourth-order valence-electron chi connectivity index (χ4n) is 3.10.